The first-order valence-corrected chi connectivity index (χ1v) is 11.2. The van der Waals surface area contributed by atoms with Crippen LogP contribution in [0.2, 0.25) is 0 Å². The van der Waals surface area contributed by atoms with E-state index in [1.54, 1.807) is 0 Å². The quantitative estimate of drug-likeness (QED) is 0.410. The molecule has 0 radical (unpaired) electrons. The number of carbonyl (C=O) groups excluding carboxylic acids is 1. The molecule has 1 heterocycles. The number of carbonyl (C=O) groups is 1. The Kier molecular flexibility index (Phi) is 7.30. The molecule has 31 heavy (non-hydrogen) atoms. The molecule has 1 fully saturated rings. The number of amides is 1. The van der Waals surface area contributed by atoms with Gasteiger partial charge in [-0.1, -0.05) is 91.3 Å². The summed E-state index contributed by atoms with van der Waals surface area (Å²) in [5.74, 6) is -0.0529. The van der Waals surface area contributed by atoms with Gasteiger partial charge < -0.3 is 5.32 Å². The van der Waals surface area contributed by atoms with E-state index in [-0.39, 0.29) is 5.91 Å². The Morgan fingerprint density at radius 2 is 1.39 bits per heavy atom. The third-order valence-electron chi connectivity index (χ3n) is 5.84. The molecule has 3 nitrogen and oxygen atoms in total. The van der Waals surface area contributed by atoms with E-state index < -0.39 is 0 Å². The van der Waals surface area contributed by atoms with Crippen molar-refractivity contribution < 1.29 is 4.79 Å². The van der Waals surface area contributed by atoms with Crippen LogP contribution in [0.3, 0.4) is 0 Å². The normalized spacial score (nSPS) is 14.9. The second-order valence-corrected chi connectivity index (χ2v) is 8.12. The van der Waals surface area contributed by atoms with Crippen LogP contribution in [0, 0.1) is 0 Å². The van der Waals surface area contributed by atoms with Crippen LogP contribution in [-0.4, -0.2) is 23.9 Å². The Bertz CT molecular complexity index is 1010. The molecule has 0 saturated carbocycles. The molecule has 4 rings (SSSR count). The fraction of sp³-hybridized carbons (Fsp3) is 0.250. The zero-order valence-corrected chi connectivity index (χ0v) is 18.0. The number of nitrogens with zero attached hydrogens (tertiary/aromatic N) is 1. The predicted octanol–water partition coefficient (Wildman–Crippen LogP) is 5.53. The summed E-state index contributed by atoms with van der Waals surface area (Å²) in [4.78, 5) is 15.8. The predicted molar refractivity (Wildman–Crippen MR) is 128 cm³/mol. The molecule has 3 aromatic rings. The maximum Gasteiger partial charge on any atom is 0.252 e. The van der Waals surface area contributed by atoms with E-state index in [2.05, 4.69) is 34.5 Å². The van der Waals surface area contributed by atoms with Gasteiger partial charge in [-0.2, -0.15) is 0 Å². The Hall–Kier alpha value is -3.17. The van der Waals surface area contributed by atoms with Crippen molar-refractivity contribution in [2.75, 3.05) is 13.1 Å². The number of hydrogen-bond donors (Lipinski definition) is 1. The molecule has 3 heteroatoms. The van der Waals surface area contributed by atoms with Gasteiger partial charge in [0.2, 0.25) is 0 Å². The van der Waals surface area contributed by atoms with Gasteiger partial charge in [-0.15, -0.1) is 0 Å². The summed E-state index contributed by atoms with van der Waals surface area (Å²) in [6, 6.07) is 28.3. The molecule has 3 aromatic carbocycles. The van der Waals surface area contributed by atoms with Crippen LogP contribution in [0.1, 0.15) is 41.5 Å². The van der Waals surface area contributed by atoms with Crippen molar-refractivity contribution in [3.05, 3.63) is 107 Å². The summed E-state index contributed by atoms with van der Waals surface area (Å²) in [5.41, 5.74) is 5.11. The Morgan fingerprint density at radius 3 is 2.10 bits per heavy atom. The molecule has 0 spiro atoms. The molecule has 1 amide bonds. The van der Waals surface area contributed by atoms with Gasteiger partial charge in [-0.25, -0.2) is 0 Å². The first kappa shape index (κ1) is 21.1. The van der Waals surface area contributed by atoms with Gasteiger partial charge in [0.05, 0.1) is 0 Å². The first-order chi connectivity index (χ1) is 15.3. The Morgan fingerprint density at radius 1 is 0.774 bits per heavy atom. The summed E-state index contributed by atoms with van der Waals surface area (Å²) in [5, 5.41) is 3.17. The maximum absolute atomic E-state index is 13.2. The molecule has 0 aromatic heterocycles. The number of benzene rings is 3. The number of nitrogens with one attached hydrogen (secondary N) is 1. The number of rotatable bonds is 7. The monoisotopic (exact) mass is 410 g/mol. The van der Waals surface area contributed by atoms with Crippen LogP contribution >= 0.6 is 0 Å². The molecule has 1 saturated heterocycles. The highest BCUT2D eigenvalue weighted by molar-refractivity contribution is 6.24. The second-order valence-electron chi connectivity index (χ2n) is 8.12. The number of piperidine rings is 1. The molecule has 0 aliphatic carbocycles. The first-order valence-electron chi connectivity index (χ1n) is 11.2. The lowest BCUT2D eigenvalue weighted by Gasteiger charge is -2.27. The van der Waals surface area contributed by atoms with Crippen molar-refractivity contribution in [3.63, 3.8) is 0 Å². The second kappa shape index (κ2) is 10.7. The summed E-state index contributed by atoms with van der Waals surface area (Å²) < 4.78 is 0. The molecule has 0 atom stereocenters. The maximum atomic E-state index is 13.2. The average Bonchev–Trinajstić information content (AvgIpc) is 2.84. The van der Waals surface area contributed by atoms with Gasteiger partial charge in [-0.3, -0.25) is 9.69 Å². The van der Waals surface area contributed by atoms with Crippen molar-refractivity contribution >= 4 is 17.6 Å². The zero-order valence-electron chi connectivity index (χ0n) is 18.0. The third-order valence-corrected chi connectivity index (χ3v) is 5.84. The van der Waals surface area contributed by atoms with E-state index in [9.17, 15) is 4.79 Å². The van der Waals surface area contributed by atoms with E-state index in [4.69, 9.17) is 0 Å². The van der Waals surface area contributed by atoms with Crippen LogP contribution in [0.15, 0.2) is 84.9 Å². The topological polar surface area (TPSA) is 32.3 Å². The van der Waals surface area contributed by atoms with E-state index in [0.717, 1.165) is 17.7 Å². The minimum atomic E-state index is -0.0529. The summed E-state index contributed by atoms with van der Waals surface area (Å²) in [6.45, 7) is 3.82. The van der Waals surface area contributed by atoms with E-state index >= 15 is 0 Å². The summed E-state index contributed by atoms with van der Waals surface area (Å²) in [7, 11) is 0. The van der Waals surface area contributed by atoms with Gasteiger partial charge >= 0.3 is 0 Å². The molecule has 158 valence electrons. The fourth-order valence-corrected chi connectivity index (χ4v) is 4.13. The molecule has 1 aliphatic rings. The van der Waals surface area contributed by atoms with Crippen LogP contribution in [0.5, 0.6) is 0 Å². The van der Waals surface area contributed by atoms with Crippen molar-refractivity contribution in [1.29, 1.82) is 0 Å². The lowest BCUT2D eigenvalue weighted by atomic mass is 10.0. The van der Waals surface area contributed by atoms with E-state index in [0.29, 0.717) is 12.1 Å². The molecular weight excluding hydrogens is 380 g/mol. The van der Waals surface area contributed by atoms with Crippen LogP contribution in [0.4, 0.5) is 0 Å². The third kappa shape index (κ3) is 5.93. The van der Waals surface area contributed by atoms with Crippen molar-refractivity contribution in [1.82, 2.24) is 10.2 Å². The van der Waals surface area contributed by atoms with E-state index in [1.807, 2.05) is 66.7 Å². The fourth-order valence-electron chi connectivity index (χ4n) is 4.13. The van der Waals surface area contributed by atoms with Gasteiger partial charge in [0.15, 0.2) is 0 Å². The highest BCUT2D eigenvalue weighted by Crippen LogP contribution is 2.20. The summed E-state index contributed by atoms with van der Waals surface area (Å²) in [6.07, 6.45) is 5.86. The smallest absolute Gasteiger partial charge is 0.252 e. The van der Waals surface area contributed by atoms with Crippen molar-refractivity contribution in [2.45, 2.75) is 32.4 Å². The summed E-state index contributed by atoms with van der Waals surface area (Å²) >= 11 is 0. The van der Waals surface area contributed by atoms with Crippen LogP contribution in [0.25, 0.3) is 11.6 Å². The number of likely N-dealkylation sites (tertiary alicyclic amines) is 1. The average molecular weight is 411 g/mol. The van der Waals surface area contributed by atoms with Gasteiger partial charge in [0.25, 0.3) is 5.91 Å². The van der Waals surface area contributed by atoms with Gasteiger partial charge in [0, 0.05) is 18.7 Å². The highest BCUT2D eigenvalue weighted by Gasteiger charge is 2.15. The largest absolute Gasteiger partial charge is 0.348 e. The van der Waals surface area contributed by atoms with Crippen LogP contribution < -0.4 is 5.32 Å². The lowest BCUT2D eigenvalue weighted by Crippen LogP contribution is -2.30. The standard InChI is InChI=1S/C28H30N2O/c31-28(27(24-14-6-2-7-15-24)20-23-12-4-1-5-13-23)29-21-25-16-8-9-17-26(25)22-30-18-10-3-11-19-30/h1-2,4-9,12-17,20H,3,10-11,18-19,21-22H2,(H,29,31)/b27-20+. The van der Waals surface area contributed by atoms with Crippen molar-refractivity contribution in [3.8, 4) is 0 Å². The van der Waals surface area contributed by atoms with Crippen LogP contribution in [-0.2, 0) is 17.9 Å². The highest BCUT2D eigenvalue weighted by atomic mass is 16.1. The Labute approximate surface area is 185 Å². The molecule has 0 bridgehead atoms. The van der Waals surface area contributed by atoms with Gasteiger partial charge in [0.1, 0.15) is 0 Å². The lowest BCUT2D eigenvalue weighted by molar-refractivity contribution is -0.115. The molecular formula is C28H30N2O. The number of hydrogen-bond acceptors (Lipinski definition) is 2. The minimum Gasteiger partial charge on any atom is -0.348 e. The molecule has 1 aliphatic heterocycles. The SMILES string of the molecule is O=C(NCc1ccccc1CN1CCCCC1)/C(=C/c1ccccc1)c1ccccc1. The van der Waals surface area contributed by atoms with Gasteiger partial charge in [-0.05, 0) is 54.3 Å². The molecule has 0 unspecified atom stereocenters. The Balaban J connectivity index is 1.50. The minimum absolute atomic E-state index is 0.0529. The molecule has 1 N–H and O–H groups in total. The van der Waals surface area contributed by atoms with E-state index in [1.165, 1.54) is 43.5 Å². The zero-order chi connectivity index (χ0) is 21.3. The van der Waals surface area contributed by atoms with Crippen molar-refractivity contribution in [2.24, 2.45) is 0 Å².